The maximum atomic E-state index is 2.21. The summed E-state index contributed by atoms with van der Waals surface area (Å²) in [6, 6.07) is 0. The van der Waals surface area contributed by atoms with Crippen LogP contribution in [-0.4, -0.2) is 25.5 Å². The largest absolute Gasteiger partial charge is 0.309 e. The van der Waals surface area contributed by atoms with Gasteiger partial charge in [0.05, 0.1) is 0 Å². The van der Waals surface area contributed by atoms with Gasteiger partial charge in [-0.3, -0.25) is 0 Å². The Morgan fingerprint density at radius 2 is 1.67 bits per heavy atom. The van der Waals surface area contributed by atoms with Gasteiger partial charge in [0.25, 0.3) is 0 Å². The van der Waals surface area contributed by atoms with Crippen LogP contribution in [0.1, 0.15) is 19.8 Å². The first-order chi connectivity index (χ1) is 4.27. The Balaban J connectivity index is 0. The molecule has 0 aliphatic rings. The summed E-state index contributed by atoms with van der Waals surface area (Å²) in [5, 5.41) is 0. The first-order valence-electron chi connectivity index (χ1n) is 3.06. The molecule has 0 amide bonds. The highest BCUT2D eigenvalue weighted by Crippen LogP contribution is 1.89. The molecule has 1 nitrogen and oxygen atoms in total. The normalized spacial score (nSPS) is 8.67. The zero-order valence-corrected chi connectivity index (χ0v) is 10.6. The van der Waals surface area contributed by atoms with Crippen LogP contribution in [0.3, 0.4) is 0 Å². The fraction of sp³-hybridized carbons (Fsp3) is 1.00. The summed E-state index contributed by atoms with van der Waals surface area (Å²) < 4.78 is 0. The van der Waals surface area contributed by atoms with Crippen LogP contribution < -0.4 is 0 Å². The fourth-order valence-electron chi connectivity index (χ4n) is 0.474. The number of halogens is 2. The van der Waals surface area contributed by atoms with Crippen LogP contribution in [0.4, 0.5) is 0 Å². The van der Waals surface area contributed by atoms with Crippen molar-refractivity contribution in [3.8, 4) is 0 Å². The third-order valence-electron chi connectivity index (χ3n) is 0.959. The minimum absolute atomic E-state index is 1.23. The monoisotopic (exact) mass is 355 g/mol. The summed E-state index contributed by atoms with van der Waals surface area (Å²) >= 11 is 4.24. The highest BCUT2D eigenvalue weighted by molar-refractivity contribution is 15.0. The van der Waals surface area contributed by atoms with Gasteiger partial charge < -0.3 is 4.90 Å². The van der Waals surface area contributed by atoms with Crippen molar-refractivity contribution in [2.75, 3.05) is 20.6 Å². The van der Waals surface area contributed by atoms with Gasteiger partial charge in [-0.15, -0.1) is 0 Å². The lowest BCUT2D eigenvalue weighted by Crippen LogP contribution is -2.12. The van der Waals surface area contributed by atoms with Gasteiger partial charge in [-0.2, -0.15) is 0 Å². The van der Waals surface area contributed by atoms with E-state index in [9.17, 15) is 0 Å². The highest BCUT2D eigenvalue weighted by Gasteiger charge is 1.83. The predicted octanol–water partition coefficient (Wildman–Crippen LogP) is 3.12. The minimum atomic E-state index is 1.23. The molecule has 0 atom stereocenters. The average Bonchev–Trinajstić information content (AvgIpc) is 1.88. The van der Waals surface area contributed by atoms with Gasteiger partial charge in [0.1, 0.15) is 0 Å². The van der Waals surface area contributed by atoms with E-state index >= 15 is 0 Å². The minimum Gasteiger partial charge on any atom is -0.309 e. The lowest BCUT2D eigenvalue weighted by molar-refractivity contribution is 0.398. The van der Waals surface area contributed by atoms with Crippen molar-refractivity contribution in [3.63, 3.8) is 0 Å². The molecule has 0 aliphatic carbocycles. The molecule has 0 fully saturated rings. The van der Waals surface area contributed by atoms with E-state index in [-0.39, 0.29) is 0 Å². The molecule has 0 aliphatic heterocycles. The van der Waals surface area contributed by atoms with Crippen molar-refractivity contribution in [2.24, 2.45) is 0 Å². The van der Waals surface area contributed by atoms with E-state index in [1.54, 1.807) is 0 Å². The predicted molar refractivity (Wildman–Crippen MR) is 61.5 cm³/mol. The Morgan fingerprint density at radius 3 is 1.78 bits per heavy atom. The van der Waals surface area contributed by atoms with Crippen LogP contribution in [0, 0.1) is 0 Å². The lowest BCUT2D eigenvalue weighted by Gasteiger charge is -2.05. The molecule has 3 heteroatoms. The van der Waals surface area contributed by atoms with Gasteiger partial charge in [-0.05, 0) is 27.1 Å². The summed E-state index contributed by atoms with van der Waals surface area (Å²) in [6.45, 7) is 3.44. The molecule has 0 N–H and O–H groups in total. The number of unbranched alkanes of at least 4 members (excludes halogenated alkanes) is 1. The van der Waals surface area contributed by atoms with Crippen LogP contribution in [-0.2, 0) is 0 Å². The van der Waals surface area contributed by atoms with Crippen LogP contribution >= 0.6 is 37.2 Å². The molecule has 0 spiro atoms. The van der Waals surface area contributed by atoms with Gasteiger partial charge in [-0.25, -0.2) is 0 Å². The van der Waals surface area contributed by atoms with Gasteiger partial charge in [0, 0.05) is 37.2 Å². The molecular weight excluding hydrogens is 340 g/mol. The summed E-state index contributed by atoms with van der Waals surface area (Å²) in [5.41, 5.74) is 0. The van der Waals surface area contributed by atoms with E-state index in [2.05, 4.69) is 63.2 Å². The van der Waals surface area contributed by atoms with E-state index in [1.807, 2.05) is 0 Å². The quantitative estimate of drug-likeness (QED) is 0.704. The molecule has 0 aromatic rings. The van der Waals surface area contributed by atoms with Crippen molar-refractivity contribution in [1.82, 2.24) is 4.90 Å². The molecule has 0 aromatic carbocycles. The molecule has 0 saturated heterocycles. The first kappa shape index (κ1) is 13.0. The van der Waals surface area contributed by atoms with Crippen LogP contribution in [0.2, 0.25) is 0 Å². The van der Waals surface area contributed by atoms with E-state index in [4.69, 9.17) is 0 Å². The molecule has 0 aromatic heterocycles. The molecule has 0 unspecified atom stereocenters. The van der Waals surface area contributed by atoms with Gasteiger partial charge in [-0.1, -0.05) is 13.3 Å². The van der Waals surface area contributed by atoms with Crippen LogP contribution in [0.25, 0.3) is 0 Å². The van der Waals surface area contributed by atoms with Crippen molar-refractivity contribution >= 4 is 37.2 Å². The van der Waals surface area contributed by atoms with Crippen molar-refractivity contribution in [1.29, 1.82) is 0 Å². The number of nitrogens with zero attached hydrogens (tertiary/aromatic N) is 1. The van der Waals surface area contributed by atoms with E-state index in [0.717, 1.165) is 0 Å². The molecule has 0 heterocycles. The molecule has 58 valence electrons. The number of hydrogen-bond acceptors (Lipinski definition) is 1. The third-order valence-corrected chi connectivity index (χ3v) is 0.959. The summed E-state index contributed by atoms with van der Waals surface area (Å²) in [7, 11) is 4.21. The SMILES string of the molecule is CCCCN(C)C.II. The molecule has 0 radical (unpaired) electrons. The smallest absolute Gasteiger partial charge is 0 e. The Labute approximate surface area is 81.9 Å². The Bertz CT molecular complexity index is 40.0. The molecule has 0 bridgehead atoms. The molecule has 0 saturated carbocycles. The summed E-state index contributed by atoms with van der Waals surface area (Å²) in [4.78, 5) is 2.21. The maximum Gasteiger partial charge on any atom is 0 e. The lowest BCUT2D eigenvalue weighted by atomic mass is 10.3. The van der Waals surface area contributed by atoms with Crippen LogP contribution in [0.5, 0.6) is 0 Å². The maximum absolute atomic E-state index is 2.21. The summed E-state index contributed by atoms with van der Waals surface area (Å²) in [5.74, 6) is 0. The molecule has 9 heavy (non-hydrogen) atoms. The van der Waals surface area contributed by atoms with Gasteiger partial charge in [0.2, 0.25) is 0 Å². The van der Waals surface area contributed by atoms with Crippen molar-refractivity contribution < 1.29 is 0 Å². The number of rotatable bonds is 3. The second-order valence-corrected chi connectivity index (χ2v) is 2.16. The standard InChI is InChI=1S/C6H15N.I2/c1-4-5-6-7(2)3;1-2/h4-6H2,1-3H3;. The fourth-order valence-corrected chi connectivity index (χ4v) is 0.474. The summed E-state index contributed by atoms with van der Waals surface area (Å²) in [6.07, 6.45) is 2.63. The topological polar surface area (TPSA) is 3.24 Å². The van der Waals surface area contributed by atoms with Gasteiger partial charge in [0.15, 0.2) is 0 Å². The number of hydrogen-bond donors (Lipinski definition) is 0. The van der Waals surface area contributed by atoms with E-state index in [1.165, 1.54) is 19.4 Å². The Hall–Kier alpha value is 1.42. The zero-order valence-electron chi connectivity index (χ0n) is 6.32. The highest BCUT2D eigenvalue weighted by atomic mass is 128. The van der Waals surface area contributed by atoms with Crippen LogP contribution in [0.15, 0.2) is 0 Å². The first-order valence-corrected chi connectivity index (χ1v) is 9.35. The molecule has 0 rings (SSSR count). The zero-order chi connectivity index (χ0) is 7.70. The third kappa shape index (κ3) is 17.7. The average molecular weight is 355 g/mol. The van der Waals surface area contributed by atoms with E-state index in [0.29, 0.717) is 0 Å². The Morgan fingerprint density at radius 1 is 1.22 bits per heavy atom. The Kier molecular flexibility index (Phi) is 17.6. The second kappa shape index (κ2) is 12.1. The second-order valence-electron chi connectivity index (χ2n) is 2.16. The van der Waals surface area contributed by atoms with Crippen molar-refractivity contribution in [3.05, 3.63) is 0 Å². The molecular formula is C6H15I2N. The van der Waals surface area contributed by atoms with E-state index < -0.39 is 0 Å². The van der Waals surface area contributed by atoms with Gasteiger partial charge >= 0.3 is 0 Å². The van der Waals surface area contributed by atoms with Crippen molar-refractivity contribution in [2.45, 2.75) is 19.8 Å².